The van der Waals surface area contributed by atoms with Crippen molar-refractivity contribution in [1.82, 2.24) is 10.2 Å². The Balaban J connectivity index is 2.01. The van der Waals surface area contributed by atoms with Crippen LogP contribution in [0.25, 0.3) is 0 Å². The van der Waals surface area contributed by atoms with Gasteiger partial charge in [0.2, 0.25) is 11.8 Å². The van der Waals surface area contributed by atoms with Gasteiger partial charge >= 0.3 is 0 Å². The van der Waals surface area contributed by atoms with Gasteiger partial charge in [-0.25, -0.2) is 0 Å². The molecule has 2 amide bonds. The molecule has 0 aromatic heterocycles. The van der Waals surface area contributed by atoms with E-state index in [1.54, 1.807) is 16.7 Å². The summed E-state index contributed by atoms with van der Waals surface area (Å²) in [4.78, 5) is 26.4. The topological polar surface area (TPSA) is 49.4 Å². The number of hydrogen-bond acceptors (Lipinski definition) is 3. The average Bonchev–Trinajstić information content (AvgIpc) is 2.87. The molecule has 1 saturated heterocycles. The maximum atomic E-state index is 12.4. The zero-order valence-electron chi connectivity index (χ0n) is 12.8. The summed E-state index contributed by atoms with van der Waals surface area (Å²) < 4.78 is 0. The highest BCUT2D eigenvalue weighted by atomic mass is 32.2. The third-order valence-electron chi connectivity index (χ3n) is 3.20. The fourth-order valence-corrected chi connectivity index (χ4v) is 3.41. The quantitative estimate of drug-likeness (QED) is 0.930. The molecule has 21 heavy (non-hydrogen) atoms. The van der Waals surface area contributed by atoms with E-state index in [9.17, 15) is 9.59 Å². The van der Waals surface area contributed by atoms with Gasteiger partial charge in [-0.05, 0) is 26.3 Å². The van der Waals surface area contributed by atoms with Gasteiger partial charge in [-0.2, -0.15) is 0 Å². The van der Waals surface area contributed by atoms with Gasteiger partial charge in [0.05, 0.1) is 12.3 Å². The Kier molecular flexibility index (Phi) is 4.93. The van der Waals surface area contributed by atoms with Crippen molar-refractivity contribution >= 4 is 23.6 Å². The number of nitrogens with one attached hydrogen (secondary N) is 1. The number of hydrogen-bond donors (Lipinski definition) is 1. The molecule has 0 unspecified atom stereocenters. The van der Waals surface area contributed by atoms with E-state index in [1.807, 2.05) is 51.1 Å². The first-order chi connectivity index (χ1) is 9.87. The van der Waals surface area contributed by atoms with Crippen LogP contribution >= 0.6 is 11.8 Å². The molecule has 5 heteroatoms. The van der Waals surface area contributed by atoms with Crippen LogP contribution in [-0.2, 0) is 16.0 Å². The van der Waals surface area contributed by atoms with Crippen LogP contribution in [0, 0.1) is 0 Å². The second-order valence-electron chi connectivity index (χ2n) is 6.28. The summed E-state index contributed by atoms with van der Waals surface area (Å²) >= 11 is 1.63. The van der Waals surface area contributed by atoms with Gasteiger partial charge in [-0.3, -0.25) is 9.59 Å². The van der Waals surface area contributed by atoms with Gasteiger partial charge in [0, 0.05) is 11.3 Å². The Morgan fingerprint density at radius 1 is 1.29 bits per heavy atom. The summed E-state index contributed by atoms with van der Waals surface area (Å²) in [5, 5.41) is 2.96. The Morgan fingerprint density at radius 2 is 1.95 bits per heavy atom. The molecule has 1 N–H and O–H groups in total. The smallest absolute Gasteiger partial charge is 0.244 e. The lowest BCUT2D eigenvalue weighted by molar-refractivity contribution is -0.138. The van der Waals surface area contributed by atoms with Crippen LogP contribution in [0.4, 0.5) is 0 Å². The number of carbonyl (C=O) groups excluding carboxylic acids is 2. The summed E-state index contributed by atoms with van der Waals surface area (Å²) in [6, 6.07) is 9.29. The van der Waals surface area contributed by atoms with Crippen LogP contribution in [0.2, 0.25) is 0 Å². The molecule has 1 aliphatic rings. The van der Waals surface area contributed by atoms with Gasteiger partial charge in [0.1, 0.15) is 6.04 Å². The van der Waals surface area contributed by atoms with Crippen molar-refractivity contribution in [3.05, 3.63) is 35.9 Å². The van der Waals surface area contributed by atoms with Crippen LogP contribution in [0.3, 0.4) is 0 Å². The van der Waals surface area contributed by atoms with E-state index in [0.29, 0.717) is 18.1 Å². The zero-order chi connectivity index (χ0) is 15.5. The SMILES string of the molecule is CC(C)(C)NC(=O)[C@H]1CSCN1C(=O)Cc1ccccc1. The van der Waals surface area contributed by atoms with Crippen LogP contribution < -0.4 is 5.32 Å². The number of nitrogens with zero attached hydrogens (tertiary/aromatic N) is 1. The van der Waals surface area contributed by atoms with Crippen LogP contribution in [0.5, 0.6) is 0 Å². The Bertz CT molecular complexity index is 511. The predicted molar refractivity (Wildman–Crippen MR) is 86.0 cm³/mol. The van der Waals surface area contributed by atoms with Crippen molar-refractivity contribution in [2.75, 3.05) is 11.6 Å². The highest BCUT2D eigenvalue weighted by Crippen LogP contribution is 2.22. The van der Waals surface area contributed by atoms with Crippen LogP contribution in [0.1, 0.15) is 26.3 Å². The normalized spacial score (nSPS) is 18.6. The molecule has 2 rings (SSSR count). The van der Waals surface area contributed by atoms with E-state index in [0.717, 1.165) is 5.56 Å². The number of rotatable bonds is 3. The predicted octanol–water partition coefficient (Wildman–Crippen LogP) is 2.05. The molecule has 0 bridgehead atoms. The fourth-order valence-electron chi connectivity index (χ4n) is 2.23. The summed E-state index contributed by atoms with van der Waals surface area (Å²) in [6.45, 7) is 5.84. The molecular formula is C16H22N2O2S. The van der Waals surface area contributed by atoms with Crippen molar-refractivity contribution in [1.29, 1.82) is 0 Å². The second-order valence-corrected chi connectivity index (χ2v) is 7.28. The van der Waals surface area contributed by atoms with Gasteiger partial charge in [-0.15, -0.1) is 11.8 Å². The molecule has 1 fully saturated rings. The van der Waals surface area contributed by atoms with Crippen molar-refractivity contribution in [2.24, 2.45) is 0 Å². The number of benzene rings is 1. The highest BCUT2D eigenvalue weighted by Gasteiger charge is 2.35. The molecule has 1 aromatic rings. The molecule has 0 radical (unpaired) electrons. The minimum Gasteiger partial charge on any atom is -0.350 e. The van der Waals surface area contributed by atoms with Crippen molar-refractivity contribution < 1.29 is 9.59 Å². The Hall–Kier alpha value is -1.49. The summed E-state index contributed by atoms with van der Waals surface area (Å²) in [5.74, 6) is 1.21. The molecule has 1 atom stereocenters. The average molecular weight is 306 g/mol. The van der Waals surface area contributed by atoms with Crippen LogP contribution in [0.15, 0.2) is 30.3 Å². The molecule has 0 saturated carbocycles. The lowest BCUT2D eigenvalue weighted by atomic mass is 10.1. The molecule has 1 heterocycles. The standard InChI is InChI=1S/C16H22N2O2S/c1-16(2,3)17-15(20)13-10-21-11-18(13)14(19)9-12-7-5-4-6-8-12/h4-8,13H,9-11H2,1-3H3,(H,17,20)/t13-/m1/s1. The summed E-state index contributed by atoms with van der Waals surface area (Å²) in [6.07, 6.45) is 0.348. The highest BCUT2D eigenvalue weighted by molar-refractivity contribution is 7.99. The molecule has 4 nitrogen and oxygen atoms in total. The Morgan fingerprint density at radius 3 is 2.57 bits per heavy atom. The second kappa shape index (κ2) is 6.52. The first-order valence-corrected chi connectivity index (χ1v) is 8.25. The maximum absolute atomic E-state index is 12.4. The summed E-state index contributed by atoms with van der Waals surface area (Å²) in [5.41, 5.74) is 0.702. The summed E-state index contributed by atoms with van der Waals surface area (Å²) in [7, 11) is 0. The van der Waals surface area contributed by atoms with Crippen molar-refractivity contribution in [2.45, 2.75) is 38.8 Å². The third-order valence-corrected chi connectivity index (χ3v) is 4.21. The molecule has 0 aliphatic carbocycles. The zero-order valence-corrected chi connectivity index (χ0v) is 13.6. The molecule has 1 aromatic carbocycles. The van der Waals surface area contributed by atoms with E-state index in [-0.39, 0.29) is 23.4 Å². The lowest BCUT2D eigenvalue weighted by Gasteiger charge is -2.27. The number of carbonyl (C=O) groups is 2. The van der Waals surface area contributed by atoms with Gasteiger partial charge in [-0.1, -0.05) is 30.3 Å². The molecule has 1 aliphatic heterocycles. The van der Waals surface area contributed by atoms with Crippen LogP contribution in [-0.4, -0.2) is 39.9 Å². The van der Waals surface area contributed by atoms with E-state index in [4.69, 9.17) is 0 Å². The van der Waals surface area contributed by atoms with E-state index < -0.39 is 0 Å². The maximum Gasteiger partial charge on any atom is 0.244 e. The molecule has 0 spiro atoms. The molecular weight excluding hydrogens is 284 g/mol. The van der Waals surface area contributed by atoms with E-state index in [1.165, 1.54) is 0 Å². The first-order valence-electron chi connectivity index (χ1n) is 7.10. The monoisotopic (exact) mass is 306 g/mol. The Labute approximate surface area is 130 Å². The van der Waals surface area contributed by atoms with Gasteiger partial charge < -0.3 is 10.2 Å². The number of thioether (sulfide) groups is 1. The van der Waals surface area contributed by atoms with E-state index >= 15 is 0 Å². The third kappa shape index (κ3) is 4.49. The lowest BCUT2D eigenvalue weighted by Crippen LogP contribution is -2.52. The molecule has 114 valence electrons. The fraction of sp³-hybridized carbons (Fsp3) is 0.500. The van der Waals surface area contributed by atoms with Gasteiger partial charge in [0.15, 0.2) is 0 Å². The minimum atomic E-state index is -0.356. The van der Waals surface area contributed by atoms with Gasteiger partial charge in [0.25, 0.3) is 0 Å². The minimum absolute atomic E-state index is 0.0141. The largest absolute Gasteiger partial charge is 0.350 e. The van der Waals surface area contributed by atoms with Crippen molar-refractivity contribution in [3.63, 3.8) is 0 Å². The van der Waals surface area contributed by atoms with E-state index in [2.05, 4.69) is 5.32 Å². The number of amides is 2. The first kappa shape index (κ1) is 15.9. The van der Waals surface area contributed by atoms with Crippen molar-refractivity contribution in [3.8, 4) is 0 Å².